The van der Waals surface area contributed by atoms with E-state index in [1.165, 1.54) is 11.3 Å². The minimum atomic E-state index is -0.394. The van der Waals surface area contributed by atoms with Gasteiger partial charge in [-0.3, -0.25) is 0 Å². The number of carbonyl (C=O) groups excluding carboxylic acids is 1. The summed E-state index contributed by atoms with van der Waals surface area (Å²) in [5, 5.41) is 5.28. The van der Waals surface area contributed by atoms with Crippen molar-refractivity contribution in [1.29, 1.82) is 0 Å². The van der Waals surface area contributed by atoms with Crippen molar-refractivity contribution in [2.45, 2.75) is 6.92 Å². The van der Waals surface area contributed by atoms with Crippen LogP contribution in [-0.4, -0.2) is 12.6 Å². The average molecular weight is 381 g/mol. The van der Waals surface area contributed by atoms with E-state index in [9.17, 15) is 4.79 Å². The van der Waals surface area contributed by atoms with Gasteiger partial charge in [0.15, 0.2) is 0 Å². The highest BCUT2D eigenvalue weighted by Crippen LogP contribution is 2.42. The normalized spacial score (nSPS) is 10.8. The van der Waals surface area contributed by atoms with Crippen molar-refractivity contribution in [3.63, 3.8) is 0 Å². The van der Waals surface area contributed by atoms with E-state index in [-0.39, 0.29) is 0 Å². The minimum absolute atomic E-state index is 0.294. The molecule has 0 saturated carbocycles. The fourth-order valence-electron chi connectivity index (χ4n) is 2.35. The van der Waals surface area contributed by atoms with Gasteiger partial charge in [0.25, 0.3) is 0 Å². The van der Waals surface area contributed by atoms with Crippen molar-refractivity contribution in [3.8, 4) is 0 Å². The molecule has 0 saturated heterocycles. The zero-order valence-corrected chi connectivity index (χ0v) is 15.1. The van der Waals surface area contributed by atoms with Crippen LogP contribution in [0.5, 0.6) is 0 Å². The van der Waals surface area contributed by atoms with E-state index >= 15 is 0 Å². The summed E-state index contributed by atoms with van der Waals surface area (Å²) in [5.41, 5.74) is 7.38. The number of rotatable bonds is 4. The predicted molar refractivity (Wildman–Crippen MR) is 102 cm³/mol. The van der Waals surface area contributed by atoms with Crippen LogP contribution in [-0.2, 0) is 4.74 Å². The third-order valence-corrected chi connectivity index (χ3v) is 5.33. The first-order valence-corrected chi connectivity index (χ1v) is 8.79. The van der Waals surface area contributed by atoms with Crippen LogP contribution < -0.4 is 11.1 Å². The van der Waals surface area contributed by atoms with Gasteiger partial charge in [-0.25, -0.2) is 4.79 Å². The number of nitrogen functional groups attached to an aromatic ring is 1. The lowest BCUT2D eigenvalue weighted by Crippen LogP contribution is -2.07. The molecule has 0 bridgehead atoms. The molecule has 24 heavy (non-hydrogen) atoms. The summed E-state index contributed by atoms with van der Waals surface area (Å²) >= 11 is 13.7. The number of fused-ring (bicyclic) bond motifs is 1. The van der Waals surface area contributed by atoms with Gasteiger partial charge in [-0.05, 0) is 25.1 Å². The Balaban J connectivity index is 2.15. The summed E-state index contributed by atoms with van der Waals surface area (Å²) in [6.45, 7) is 2.06. The number of hydrogen-bond acceptors (Lipinski definition) is 5. The van der Waals surface area contributed by atoms with Gasteiger partial charge < -0.3 is 15.8 Å². The first-order valence-electron chi connectivity index (χ1n) is 7.22. The molecule has 7 heteroatoms. The van der Waals surface area contributed by atoms with Crippen LogP contribution in [0.2, 0.25) is 10.0 Å². The van der Waals surface area contributed by atoms with Gasteiger partial charge >= 0.3 is 5.97 Å². The second-order valence-corrected chi connectivity index (χ2v) is 6.81. The molecule has 0 spiro atoms. The molecule has 1 heterocycles. The Bertz CT molecular complexity index is 924. The molecule has 0 aliphatic carbocycles. The topological polar surface area (TPSA) is 64.3 Å². The molecule has 0 aliphatic rings. The molecule has 3 N–H and O–H groups in total. The van der Waals surface area contributed by atoms with E-state index < -0.39 is 5.97 Å². The zero-order chi connectivity index (χ0) is 17.3. The van der Waals surface area contributed by atoms with Gasteiger partial charge in [0.1, 0.15) is 10.6 Å². The van der Waals surface area contributed by atoms with Gasteiger partial charge in [-0.1, -0.05) is 41.4 Å². The molecule has 0 fully saturated rings. The number of ether oxygens (including phenoxy) is 1. The highest BCUT2D eigenvalue weighted by Gasteiger charge is 2.21. The van der Waals surface area contributed by atoms with E-state index in [1.54, 1.807) is 19.1 Å². The van der Waals surface area contributed by atoms with Gasteiger partial charge in [0, 0.05) is 10.1 Å². The quantitative estimate of drug-likeness (QED) is 0.449. The molecular formula is C17H14Cl2N2O2S. The summed E-state index contributed by atoms with van der Waals surface area (Å²) in [4.78, 5) is 12.4. The highest BCUT2D eigenvalue weighted by molar-refractivity contribution is 7.23. The van der Waals surface area contributed by atoms with Crippen LogP contribution in [0.1, 0.15) is 17.3 Å². The molecule has 2 aromatic carbocycles. The smallest absolute Gasteiger partial charge is 0.341 e. The lowest BCUT2D eigenvalue weighted by molar-refractivity contribution is 0.0530. The first kappa shape index (κ1) is 16.9. The Kier molecular flexibility index (Phi) is 4.85. The Morgan fingerprint density at radius 1 is 1.25 bits per heavy atom. The second kappa shape index (κ2) is 6.89. The lowest BCUT2D eigenvalue weighted by atomic mass is 10.1. The molecule has 0 atom stereocenters. The third-order valence-electron chi connectivity index (χ3n) is 3.44. The largest absolute Gasteiger partial charge is 0.462 e. The summed E-state index contributed by atoms with van der Waals surface area (Å²) in [6.07, 6.45) is 0. The maximum atomic E-state index is 12.4. The van der Waals surface area contributed by atoms with Crippen LogP contribution >= 0.6 is 34.5 Å². The number of esters is 1. The second-order valence-electron chi connectivity index (χ2n) is 4.97. The summed E-state index contributed by atoms with van der Waals surface area (Å²) in [5.74, 6) is -0.394. The van der Waals surface area contributed by atoms with E-state index in [4.69, 9.17) is 33.7 Å². The van der Waals surface area contributed by atoms with E-state index in [0.29, 0.717) is 38.6 Å². The van der Waals surface area contributed by atoms with Gasteiger partial charge in [0.05, 0.1) is 28.0 Å². The maximum Gasteiger partial charge on any atom is 0.341 e. The molecule has 0 unspecified atom stereocenters. The molecule has 124 valence electrons. The zero-order valence-electron chi connectivity index (χ0n) is 12.7. The number of anilines is 3. The number of carbonyl (C=O) groups is 1. The number of benzene rings is 2. The van der Waals surface area contributed by atoms with E-state index in [1.807, 2.05) is 24.3 Å². The minimum Gasteiger partial charge on any atom is -0.462 e. The fourth-order valence-corrected chi connectivity index (χ4v) is 3.82. The van der Waals surface area contributed by atoms with Crippen molar-refractivity contribution < 1.29 is 9.53 Å². The van der Waals surface area contributed by atoms with Crippen molar-refractivity contribution in [3.05, 3.63) is 52.0 Å². The Morgan fingerprint density at radius 3 is 2.75 bits per heavy atom. The first-order chi connectivity index (χ1) is 11.5. The Labute approximate surface area is 153 Å². The Morgan fingerprint density at radius 2 is 2.00 bits per heavy atom. The summed E-state index contributed by atoms with van der Waals surface area (Å²) in [6, 6.07) is 10.9. The fraction of sp³-hybridized carbons (Fsp3) is 0.118. The third kappa shape index (κ3) is 3.02. The van der Waals surface area contributed by atoms with Crippen LogP contribution in [0.3, 0.4) is 0 Å². The molecule has 3 rings (SSSR count). The van der Waals surface area contributed by atoms with Gasteiger partial charge in [0.2, 0.25) is 0 Å². The standard InChI is InChI=1S/C17H14Cl2N2O2S/c1-2-23-17(22)13-9-5-3-4-6-12(9)24-16(13)21-15-11(20)8-7-10(18)14(15)19/h3-8,21H,2,20H2,1H3. The molecule has 0 amide bonds. The van der Waals surface area contributed by atoms with Crippen molar-refractivity contribution in [2.75, 3.05) is 17.7 Å². The van der Waals surface area contributed by atoms with Gasteiger partial charge in [-0.2, -0.15) is 0 Å². The molecule has 1 aromatic heterocycles. The number of hydrogen-bond donors (Lipinski definition) is 2. The maximum absolute atomic E-state index is 12.4. The van der Waals surface area contributed by atoms with Gasteiger partial charge in [-0.15, -0.1) is 11.3 Å². The predicted octanol–water partition coefficient (Wildman–Crippen LogP) is 5.71. The number of halogens is 2. The van der Waals surface area contributed by atoms with Crippen LogP contribution in [0.4, 0.5) is 16.4 Å². The SMILES string of the molecule is CCOC(=O)c1c(Nc2c(N)ccc(Cl)c2Cl)sc2ccccc12. The van der Waals surface area contributed by atoms with Crippen molar-refractivity contribution in [2.24, 2.45) is 0 Å². The highest BCUT2D eigenvalue weighted by atomic mass is 35.5. The summed E-state index contributed by atoms with van der Waals surface area (Å²) in [7, 11) is 0. The van der Waals surface area contributed by atoms with Crippen LogP contribution in [0.25, 0.3) is 10.1 Å². The molecule has 0 radical (unpaired) electrons. The molecule has 0 aliphatic heterocycles. The summed E-state index contributed by atoms with van der Waals surface area (Å²) < 4.78 is 6.15. The van der Waals surface area contributed by atoms with E-state index in [0.717, 1.165) is 10.1 Å². The van der Waals surface area contributed by atoms with Crippen LogP contribution in [0, 0.1) is 0 Å². The average Bonchev–Trinajstić information content (AvgIpc) is 2.93. The van der Waals surface area contributed by atoms with Crippen molar-refractivity contribution in [1.82, 2.24) is 0 Å². The lowest BCUT2D eigenvalue weighted by Gasteiger charge is -2.12. The molecule has 3 aromatic rings. The number of nitrogens with two attached hydrogens (primary N) is 1. The van der Waals surface area contributed by atoms with Crippen molar-refractivity contribution >= 4 is 67.0 Å². The van der Waals surface area contributed by atoms with E-state index in [2.05, 4.69) is 5.32 Å². The molecular weight excluding hydrogens is 367 g/mol. The number of nitrogens with one attached hydrogen (secondary N) is 1. The number of thiophene rings is 1. The molecule has 4 nitrogen and oxygen atoms in total. The van der Waals surface area contributed by atoms with Crippen LogP contribution in [0.15, 0.2) is 36.4 Å². The monoisotopic (exact) mass is 380 g/mol. The Hall–Kier alpha value is -1.95.